The number of benzene rings is 1. The van der Waals surface area contributed by atoms with Crippen molar-refractivity contribution in [3.8, 4) is 0 Å². The summed E-state index contributed by atoms with van der Waals surface area (Å²) in [6.45, 7) is 1.55. The molecule has 0 aliphatic carbocycles. The Labute approximate surface area is 139 Å². The van der Waals surface area contributed by atoms with Crippen molar-refractivity contribution in [3.05, 3.63) is 42.2 Å². The first kappa shape index (κ1) is 16.1. The van der Waals surface area contributed by atoms with Gasteiger partial charge in [-0.2, -0.15) is 0 Å². The number of amides is 2. The van der Waals surface area contributed by atoms with Gasteiger partial charge in [0.1, 0.15) is 12.4 Å². The Kier molecular flexibility index (Phi) is 5.15. The molecular weight excluding hydrogens is 308 g/mol. The first-order chi connectivity index (χ1) is 11.7. The monoisotopic (exact) mass is 328 g/mol. The van der Waals surface area contributed by atoms with Gasteiger partial charge in [0.15, 0.2) is 0 Å². The number of nitrogens with zero attached hydrogens (tertiary/aromatic N) is 5. The number of tetrazole rings is 1. The molecule has 8 heteroatoms. The minimum Gasteiger partial charge on any atom is -0.345 e. The molecule has 3 rings (SSSR count). The summed E-state index contributed by atoms with van der Waals surface area (Å²) in [5.41, 5.74) is 0.999. The van der Waals surface area contributed by atoms with Gasteiger partial charge in [0.25, 0.3) is 0 Å². The molecule has 126 valence electrons. The molecule has 1 aliphatic heterocycles. The number of carbonyl (C=O) groups is 2. The zero-order chi connectivity index (χ0) is 16.8. The number of likely N-dealkylation sites (tertiary alicyclic amines) is 1. The molecule has 1 atom stereocenters. The van der Waals surface area contributed by atoms with E-state index in [2.05, 4.69) is 20.8 Å². The molecule has 1 fully saturated rings. The molecule has 24 heavy (non-hydrogen) atoms. The fourth-order valence-electron chi connectivity index (χ4n) is 2.81. The molecule has 1 aromatic heterocycles. The highest BCUT2D eigenvalue weighted by Crippen LogP contribution is 2.13. The molecule has 1 unspecified atom stereocenters. The number of hydrogen-bond acceptors (Lipinski definition) is 5. The van der Waals surface area contributed by atoms with Crippen LogP contribution < -0.4 is 5.32 Å². The summed E-state index contributed by atoms with van der Waals surface area (Å²) in [6, 6.07) is 9.06. The fraction of sp³-hybridized carbons (Fsp3) is 0.438. The zero-order valence-corrected chi connectivity index (χ0v) is 13.3. The standard InChI is InChI=1S/C16H20N6O2/c23-15(21-8-4-5-9-21)11-17-16(24)14(22-12-18-19-20-22)10-13-6-2-1-3-7-13/h1-3,6-7,12,14H,4-5,8-11H2,(H,17,24). The zero-order valence-electron chi connectivity index (χ0n) is 13.3. The van der Waals surface area contributed by atoms with Crippen LogP contribution in [0.4, 0.5) is 0 Å². The minimum absolute atomic E-state index is 0.00620. The quantitative estimate of drug-likeness (QED) is 0.817. The van der Waals surface area contributed by atoms with E-state index in [1.807, 2.05) is 30.3 Å². The Hall–Kier alpha value is -2.77. The van der Waals surface area contributed by atoms with Crippen molar-refractivity contribution < 1.29 is 9.59 Å². The summed E-state index contributed by atoms with van der Waals surface area (Å²) in [5.74, 6) is -0.310. The average Bonchev–Trinajstić information content (AvgIpc) is 3.31. The third-order valence-corrected chi connectivity index (χ3v) is 4.13. The molecule has 0 saturated carbocycles. The molecule has 1 aliphatic rings. The SMILES string of the molecule is O=C(NCC(=O)N1CCCC1)C(Cc1ccccc1)n1cnnn1. The summed E-state index contributed by atoms with van der Waals surface area (Å²) in [7, 11) is 0. The summed E-state index contributed by atoms with van der Waals surface area (Å²) in [5, 5.41) is 13.8. The van der Waals surface area contributed by atoms with Crippen LogP contribution >= 0.6 is 0 Å². The van der Waals surface area contributed by atoms with Crippen LogP contribution in [0.2, 0.25) is 0 Å². The largest absolute Gasteiger partial charge is 0.345 e. The van der Waals surface area contributed by atoms with Gasteiger partial charge in [-0.3, -0.25) is 9.59 Å². The van der Waals surface area contributed by atoms with Crippen molar-refractivity contribution >= 4 is 11.8 Å². The average molecular weight is 328 g/mol. The van der Waals surface area contributed by atoms with Gasteiger partial charge < -0.3 is 10.2 Å². The van der Waals surface area contributed by atoms with Crippen molar-refractivity contribution in [1.29, 1.82) is 0 Å². The van der Waals surface area contributed by atoms with Gasteiger partial charge >= 0.3 is 0 Å². The molecule has 2 heterocycles. The predicted molar refractivity (Wildman–Crippen MR) is 85.8 cm³/mol. The topological polar surface area (TPSA) is 93.0 Å². The van der Waals surface area contributed by atoms with Gasteiger partial charge in [-0.25, -0.2) is 4.68 Å². The van der Waals surface area contributed by atoms with E-state index in [4.69, 9.17) is 0 Å². The van der Waals surface area contributed by atoms with E-state index in [1.165, 1.54) is 11.0 Å². The van der Waals surface area contributed by atoms with E-state index in [1.54, 1.807) is 4.90 Å². The van der Waals surface area contributed by atoms with Crippen molar-refractivity contribution in [2.45, 2.75) is 25.3 Å². The Bertz CT molecular complexity index is 667. The molecule has 1 aromatic carbocycles. The Morgan fingerprint density at radius 2 is 1.92 bits per heavy atom. The first-order valence-corrected chi connectivity index (χ1v) is 8.06. The molecule has 1 N–H and O–H groups in total. The Morgan fingerprint density at radius 1 is 1.17 bits per heavy atom. The van der Waals surface area contributed by atoms with Crippen LogP contribution in [-0.4, -0.2) is 56.6 Å². The number of hydrogen-bond donors (Lipinski definition) is 1. The van der Waals surface area contributed by atoms with E-state index in [9.17, 15) is 9.59 Å². The highest BCUT2D eigenvalue weighted by Gasteiger charge is 2.24. The Balaban J connectivity index is 1.64. The first-order valence-electron chi connectivity index (χ1n) is 8.06. The summed E-state index contributed by atoms with van der Waals surface area (Å²) in [4.78, 5) is 26.4. The number of carbonyl (C=O) groups excluding carboxylic acids is 2. The predicted octanol–water partition coefficient (Wildman–Crippen LogP) is 0.195. The molecule has 2 aromatic rings. The molecule has 1 saturated heterocycles. The van der Waals surface area contributed by atoms with Crippen LogP contribution in [0.25, 0.3) is 0 Å². The van der Waals surface area contributed by atoms with Crippen LogP contribution in [0, 0.1) is 0 Å². The van der Waals surface area contributed by atoms with Gasteiger partial charge in [0, 0.05) is 19.5 Å². The second-order valence-corrected chi connectivity index (χ2v) is 5.80. The van der Waals surface area contributed by atoms with Crippen molar-refractivity contribution in [2.24, 2.45) is 0 Å². The van der Waals surface area contributed by atoms with E-state index in [0.717, 1.165) is 31.5 Å². The number of aromatic nitrogens is 4. The lowest BCUT2D eigenvalue weighted by Gasteiger charge is -2.19. The normalized spacial score (nSPS) is 15.2. The van der Waals surface area contributed by atoms with Crippen LogP contribution in [0.15, 0.2) is 36.7 Å². The maximum atomic E-state index is 12.6. The van der Waals surface area contributed by atoms with Crippen molar-refractivity contribution in [1.82, 2.24) is 30.4 Å². The summed E-state index contributed by atoms with van der Waals surface area (Å²) < 4.78 is 1.42. The minimum atomic E-state index is -0.589. The molecule has 8 nitrogen and oxygen atoms in total. The maximum Gasteiger partial charge on any atom is 0.245 e. The smallest absolute Gasteiger partial charge is 0.245 e. The van der Waals surface area contributed by atoms with E-state index in [0.29, 0.717) is 6.42 Å². The second-order valence-electron chi connectivity index (χ2n) is 5.80. The van der Waals surface area contributed by atoms with Gasteiger partial charge in [-0.1, -0.05) is 30.3 Å². The van der Waals surface area contributed by atoms with Gasteiger partial charge in [0.05, 0.1) is 6.54 Å². The number of nitrogens with one attached hydrogen (secondary N) is 1. The van der Waals surface area contributed by atoms with Crippen LogP contribution in [0.1, 0.15) is 24.4 Å². The summed E-state index contributed by atoms with van der Waals surface area (Å²) >= 11 is 0. The van der Waals surface area contributed by atoms with Gasteiger partial charge in [0.2, 0.25) is 11.8 Å². The lowest BCUT2D eigenvalue weighted by molar-refractivity contribution is -0.133. The fourth-order valence-corrected chi connectivity index (χ4v) is 2.81. The van der Waals surface area contributed by atoms with Crippen LogP contribution in [0.5, 0.6) is 0 Å². The highest BCUT2D eigenvalue weighted by atomic mass is 16.2. The van der Waals surface area contributed by atoms with Gasteiger partial charge in [-0.05, 0) is 28.8 Å². The molecule has 0 radical (unpaired) electrons. The molecular formula is C16H20N6O2. The second kappa shape index (κ2) is 7.67. The van der Waals surface area contributed by atoms with Crippen molar-refractivity contribution in [2.75, 3.05) is 19.6 Å². The lowest BCUT2D eigenvalue weighted by atomic mass is 10.1. The maximum absolute atomic E-state index is 12.6. The Morgan fingerprint density at radius 3 is 2.58 bits per heavy atom. The van der Waals surface area contributed by atoms with Crippen molar-refractivity contribution in [3.63, 3.8) is 0 Å². The third-order valence-electron chi connectivity index (χ3n) is 4.13. The molecule has 0 bridgehead atoms. The molecule has 0 spiro atoms. The van der Waals surface area contributed by atoms with Gasteiger partial charge in [-0.15, -0.1) is 5.10 Å². The number of rotatable bonds is 6. The lowest BCUT2D eigenvalue weighted by Crippen LogP contribution is -2.42. The van der Waals surface area contributed by atoms with E-state index < -0.39 is 6.04 Å². The third kappa shape index (κ3) is 3.95. The molecule has 2 amide bonds. The van der Waals surface area contributed by atoms with E-state index >= 15 is 0 Å². The highest BCUT2D eigenvalue weighted by molar-refractivity contribution is 5.86. The van der Waals surface area contributed by atoms with E-state index in [-0.39, 0.29) is 18.4 Å². The van der Waals surface area contributed by atoms with Crippen LogP contribution in [0.3, 0.4) is 0 Å². The van der Waals surface area contributed by atoms with Crippen LogP contribution in [-0.2, 0) is 16.0 Å². The summed E-state index contributed by atoms with van der Waals surface area (Å²) in [6.07, 6.45) is 3.92.